The molecule has 0 spiro atoms. The first-order chi connectivity index (χ1) is 6.95. The van der Waals surface area contributed by atoms with Crippen LogP contribution in [0.5, 0.6) is 0 Å². The molecule has 0 amide bonds. The fraction of sp³-hybridized carbons (Fsp3) is 1.00. The smallest absolute Gasteiger partial charge is 0.379 e. The molecule has 2 heterocycles. The van der Waals surface area contributed by atoms with Crippen LogP contribution in [0, 0.1) is 0 Å². The van der Waals surface area contributed by atoms with Crippen molar-refractivity contribution in [3.8, 4) is 0 Å². The van der Waals surface area contributed by atoms with Crippen molar-refractivity contribution >= 4 is 14.1 Å². The van der Waals surface area contributed by atoms with Gasteiger partial charge in [-0.15, -0.1) is 0 Å². The Balaban J connectivity index is 1.46. The van der Waals surface area contributed by atoms with E-state index in [-0.39, 0.29) is 0 Å². The molecule has 0 aromatic carbocycles. The lowest BCUT2D eigenvalue weighted by molar-refractivity contribution is 0.348. The van der Waals surface area contributed by atoms with E-state index in [1.54, 1.807) is 0 Å². The lowest BCUT2D eigenvalue weighted by atomic mass is 9.79. The average molecular weight is 196 g/mol. The summed E-state index contributed by atoms with van der Waals surface area (Å²) >= 11 is 0. The summed E-state index contributed by atoms with van der Waals surface area (Å²) in [5.41, 5.74) is 0. The molecule has 2 aliphatic heterocycles. The highest BCUT2D eigenvalue weighted by atomic mass is 16.4. The van der Waals surface area contributed by atoms with Gasteiger partial charge >= 0.3 is 14.1 Å². The average Bonchev–Trinajstić information content (AvgIpc) is 2.86. The summed E-state index contributed by atoms with van der Waals surface area (Å²) in [5, 5.41) is 6.73. The molecular formula is C8H18B2N2O2. The van der Waals surface area contributed by atoms with E-state index in [0.29, 0.717) is 14.1 Å². The maximum absolute atomic E-state index is 5.45. The van der Waals surface area contributed by atoms with Gasteiger partial charge in [-0.1, -0.05) is 0 Å². The van der Waals surface area contributed by atoms with E-state index in [4.69, 9.17) is 9.31 Å². The maximum Gasteiger partial charge on any atom is 0.379 e. The van der Waals surface area contributed by atoms with Crippen LogP contribution in [0.2, 0.25) is 12.6 Å². The van der Waals surface area contributed by atoms with Crippen LogP contribution in [-0.2, 0) is 9.31 Å². The summed E-state index contributed by atoms with van der Waals surface area (Å²) in [6.45, 7) is 3.75. The quantitative estimate of drug-likeness (QED) is 0.479. The summed E-state index contributed by atoms with van der Waals surface area (Å²) in [6.07, 6.45) is 4.69. The predicted octanol–water partition coefficient (Wildman–Crippen LogP) is -0.0174. The van der Waals surface area contributed by atoms with Crippen LogP contribution < -0.4 is 10.5 Å². The lowest BCUT2D eigenvalue weighted by Gasteiger charge is -2.10. The van der Waals surface area contributed by atoms with Gasteiger partial charge in [0.2, 0.25) is 0 Å². The van der Waals surface area contributed by atoms with Crippen LogP contribution >= 0.6 is 0 Å². The van der Waals surface area contributed by atoms with Crippen LogP contribution in [0.4, 0.5) is 0 Å². The van der Waals surface area contributed by atoms with E-state index >= 15 is 0 Å². The highest BCUT2D eigenvalue weighted by Crippen LogP contribution is 2.07. The van der Waals surface area contributed by atoms with E-state index < -0.39 is 0 Å². The first-order valence-corrected chi connectivity index (χ1v) is 5.65. The monoisotopic (exact) mass is 196 g/mol. The molecule has 0 bridgehead atoms. The number of hydrogen-bond donors (Lipinski definition) is 2. The molecule has 4 nitrogen and oxygen atoms in total. The largest absolute Gasteiger partial charge is 0.421 e. The maximum atomic E-state index is 5.45. The second-order valence-corrected chi connectivity index (χ2v) is 3.91. The number of rotatable bonds is 5. The molecule has 0 atom stereocenters. The molecule has 2 aliphatic rings. The van der Waals surface area contributed by atoms with E-state index in [0.717, 1.165) is 38.9 Å². The summed E-state index contributed by atoms with van der Waals surface area (Å²) in [7, 11) is 0.586. The van der Waals surface area contributed by atoms with Crippen molar-refractivity contribution in [2.75, 3.05) is 26.3 Å². The Morgan fingerprint density at radius 3 is 1.71 bits per heavy atom. The van der Waals surface area contributed by atoms with Crippen molar-refractivity contribution in [3.63, 3.8) is 0 Å². The molecule has 14 heavy (non-hydrogen) atoms. The third-order valence-corrected chi connectivity index (χ3v) is 2.73. The molecule has 6 heteroatoms. The van der Waals surface area contributed by atoms with Gasteiger partial charge in [0.05, 0.1) is 0 Å². The molecule has 78 valence electrons. The normalized spacial score (nSPS) is 22.3. The second kappa shape index (κ2) is 5.75. The zero-order valence-corrected chi connectivity index (χ0v) is 8.63. The Morgan fingerprint density at radius 2 is 1.36 bits per heavy atom. The van der Waals surface area contributed by atoms with Crippen LogP contribution in [0.25, 0.3) is 0 Å². The summed E-state index contributed by atoms with van der Waals surface area (Å²) in [4.78, 5) is 0. The van der Waals surface area contributed by atoms with Crippen molar-refractivity contribution in [2.24, 2.45) is 0 Å². The minimum Gasteiger partial charge on any atom is -0.421 e. The van der Waals surface area contributed by atoms with Gasteiger partial charge in [0, 0.05) is 13.2 Å². The van der Waals surface area contributed by atoms with Gasteiger partial charge in [0.25, 0.3) is 0 Å². The minimum absolute atomic E-state index is 0.293. The third kappa shape index (κ3) is 3.28. The molecular weight excluding hydrogens is 178 g/mol. The van der Waals surface area contributed by atoms with Crippen LogP contribution in [-0.4, -0.2) is 40.4 Å². The second-order valence-electron chi connectivity index (χ2n) is 3.91. The lowest BCUT2D eigenvalue weighted by Crippen LogP contribution is -2.42. The molecule has 0 unspecified atom stereocenters. The molecule has 2 saturated heterocycles. The summed E-state index contributed by atoms with van der Waals surface area (Å²) in [5.74, 6) is 0. The molecule has 0 aromatic rings. The Kier molecular flexibility index (Phi) is 4.31. The first kappa shape index (κ1) is 10.5. The van der Waals surface area contributed by atoms with Crippen molar-refractivity contribution < 1.29 is 9.31 Å². The van der Waals surface area contributed by atoms with Gasteiger partial charge < -0.3 is 19.8 Å². The Labute approximate surface area is 86.4 Å². The van der Waals surface area contributed by atoms with Crippen LogP contribution in [0.3, 0.4) is 0 Å². The van der Waals surface area contributed by atoms with Crippen molar-refractivity contribution in [2.45, 2.75) is 25.5 Å². The Bertz CT molecular complexity index is 143. The highest BCUT2D eigenvalue weighted by Gasteiger charge is 2.22. The van der Waals surface area contributed by atoms with E-state index in [1.807, 2.05) is 0 Å². The van der Waals surface area contributed by atoms with Gasteiger partial charge in [-0.05, 0) is 38.6 Å². The molecule has 0 aliphatic carbocycles. The zero-order chi connectivity index (χ0) is 9.64. The zero-order valence-electron chi connectivity index (χ0n) is 8.63. The standard InChI is InChI=1S/C8H18B2N2O2/c1-3-9(13-7-1)11-5-6-12-10-4-2-8-14-10/h11-12H,1-8H2. The fourth-order valence-electron chi connectivity index (χ4n) is 1.94. The first-order valence-electron chi connectivity index (χ1n) is 5.65. The molecule has 0 radical (unpaired) electrons. The Morgan fingerprint density at radius 1 is 0.857 bits per heavy atom. The minimum atomic E-state index is 0.293. The predicted molar refractivity (Wildman–Crippen MR) is 58.3 cm³/mol. The van der Waals surface area contributed by atoms with Crippen LogP contribution in [0.15, 0.2) is 0 Å². The van der Waals surface area contributed by atoms with Gasteiger partial charge in [-0.3, -0.25) is 0 Å². The topological polar surface area (TPSA) is 42.5 Å². The third-order valence-electron chi connectivity index (χ3n) is 2.73. The van der Waals surface area contributed by atoms with E-state index in [1.165, 1.54) is 12.8 Å². The number of nitrogens with one attached hydrogen (secondary N) is 2. The highest BCUT2D eigenvalue weighted by molar-refractivity contribution is 6.50. The van der Waals surface area contributed by atoms with Gasteiger partial charge in [0.1, 0.15) is 0 Å². The van der Waals surface area contributed by atoms with Gasteiger partial charge in [-0.2, -0.15) is 0 Å². The van der Waals surface area contributed by atoms with Crippen molar-refractivity contribution in [1.82, 2.24) is 10.5 Å². The van der Waals surface area contributed by atoms with E-state index in [2.05, 4.69) is 10.5 Å². The van der Waals surface area contributed by atoms with Crippen LogP contribution in [0.1, 0.15) is 12.8 Å². The summed E-state index contributed by atoms with van der Waals surface area (Å²) in [6, 6.07) is 0. The molecule has 2 fully saturated rings. The molecule has 2 rings (SSSR count). The van der Waals surface area contributed by atoms with Gasteiger partial charge in [0.15, 0.2) is 0 Å². The SMILES string of the molecule is C1COB(NCCNB2CCCO2)C1. The van der Waals surface area contributed by atoms with Gasteiger partial charge in [-0.25, -0.2) is 0 Å². The van der Waals surface area contributed by atoms with E-state index in [9.17, 15) is 0 Å². The fourth-order valence-corrected chi connectivity index (χ4v) is 1.94. The van der Waals surface area contributed by atoms with Crippen molar-refractivity contribution in [3.05, 3.63) is 0 Å². The number of hydrogen-bond acceptors (Lipinski definition) is 4. The Hall–Kier alpha value is -0.0301. The molecule has 2 N–H and O–H groups in total. The summed E-state index contributed by atoms with van der Waals surface area (Å²) < 4.78 is 10.9. The molecule has 0 saturated carbocycles. The molecule has 0 aromatic heterocycles. The van der Waals surface area contributed by atoms with Crippen molar-refractivity contribution in [1.29, 1.82) is 0 Å².